The Morgan fingerprint density at radius 3 is 2.57 bits per heavy atom. The molecular weight excluding hydrogens is 338 g/mol. The molecule has 0 saturated carbocycles. The van der Waals surface area contributed by atoms with E-state index < -0.39 is 11.0 Å². The third kappa shape index (κ3) is 3.80. The number of hydrogen-bond donors (Lipinski definition) is 1. The lowest BCUT2D eigenvalue weighted by Crippen LogP contribution is -2.04. The highest BCUT2D eigenvalue weighted by Gasteiger charge is 2.23. The van der Waals surface area contributed by atoms with E-state index in [1.165, 1.54) is 6.07 Å². The van der Waals surface area contributed by atoms with Gasteiger partial charge in [-0.2, -0.15) is 0 Å². The van der Waals surface area contributed by atoms with E-state index in [-0.39, 0.29) is 18.0 Å². The van der Waals surface area contributed by atoms with E-state index in [1.807, 2.05) is 30.3 Å². The van der Waals surface area contributed by atoms with Crippen LogP contribution in [0.15, 0.2) is 46.9 Å². The Morgan fingerprint density at radius 1 is 1.33 bits per heavy atom. The molecule has 1 N–H and O–H groups in total. The minimum absolute atomic E-state index is 0.0991. The van der Waals surface area contributed by atoms with E-state index in [0.29, 0.717) is 10.0 Å². The first-order valence-corrected chi connectivity index (χ1v) is 7.11. The summed E-state index contributed by atoms with van der Waals surface area (Å²) in [6.07, 6.45) is -0.869. The van der Waals surface area contributed by atoms with Crippen molar-refractivity contribution in [2.45, 2.75) is 19.6 Å². The predicted molar refractivity (Wildman–Crippen MR) is 82.2 cm³/mol. The third-order valence-electron chi connectivity index (χ3n) is 2.94. The standard InChI is InChI=1S/C15H14BrNO4/c1-10(18)13-7-12(16)8-14(17(19)20)15(13)21-9-11-5-3-2-4-6-11/h2-8,10,18H,9H2,1H3/t10-/m1/s1. The van der Waals surface area contributed by atoms with Crippen molar-refractivity contribution in [2.24, 2.45) is 0 Å². The van der Waals surface area contributed by atoms with Crippen LogP contribution in [0, 0.1) is 10.1 Å². The molecule has 21 heavy (non-hydrogen) atoms. The molecule has 0 aliphatic carbocycles. The fraction of sp³-hybridized carbons (Fsp3) is 0.200. The van der Waals surface area contributed by atoms with Crippen molar-refractivity contribution in [3.8, 4) is 5.75 Å². The van der Waals surface area contributed by atoms with Crippen LogP contribution < -0.4 is 4.74 Å². The number of benzene rings is 2. The van der Waals surface area contributed by atoms with Gasteiger partial charge in [0, 0.05) is 16.1 Å². The average Bonchev–Trinajstić information content (AvgIpc) is 2.46. The minimum atomic E-state index is -0.869. The molecule has 0 saturated heterocycles. The van der Waals surface area contributed by atoms with Crippen molar-refractivity contribution in [3.63, 3.8) is 0 Å². The Labute approximate surface area is 130 Å². The zero-order chi connectivity index (χ0) is 15.4. The van der Waals surface area contributed by atoms with Crippen LogP contribution >= 0.6 is 15.9 Å². The molecule has 0 bridgehead atoms. The summed E-state index contributed by atoms with van der Waals surface area (Å²) in [7, 11) is 0. The Morgan fingerprint density at radius 2 is 2.00 bits per heavy atom. The molecule has 0 aliphatic heterocycles. The van der Waals surface area contributed by atoms with E-state index in [2.05, 4.69) is 15.9 Å². The quantitative estimate of drug-likeness (QED) is 0.652. The first-order valence-electron chi connectivity index (χ1n) is 6.31. The largest absolute Gasteiger partial charge is 0.482 e. The van der Waals surface area contributed by atoms with Crippen molar-refractivity contribution >= 4 is 21.6 Å². The Balaban J connectivity index is 2.38. The van der Waals surface area contributed by atoms with E-state index in [0.717, 1.165) is 5.56 Å². The maximum absolute atomic E-state index is 11.2. The summed E-state index contributed by atoms with van der Waals surface area (Å²) in [6.45, 7) is 1.74. The number of hydrogen-bond acceptors (Lipinski definition) is 4. The summed E-state index contributed by atoms with van der Waals surface area (Å²) in [5.41, 5.74) is 1.11. The summed E-state index contributed by atoms with van der Waals surface area (Å²) in [4.78, 5) is 10.7. The topological polar surface area (TPSA) is 72.6 Å². The normalized spacial score (nSPS) is 12.0. The van der Waals surface area contributed by atoms with Gasteiger partial charge in [0.1, 0.15) is 6.61 Å². The highest BCUT2D eigenvalue weighted by atomic mass is 79.9. The number of aliphatic hydroxyl groups excluding tert-OH is 1. The van der Waals surface area contributed by atoms with Crippen LogP contribution in [-0.2, 0) is 6.61 Å². The summed E-state index contributed by atoms with van der Waals surface area (Å²) < 4.78 is 6.13. The second kappa shape index (κ2) is 6.69. The SMILES string of the molecule is C[C@@H](O)c1cc(Br)cc([N+](=O)[O-])c1OCc1ccccc1. The summed E-state index contributed by atoms with van der Waals surface area (Å²) in [5.74, 6) is 0.0991. The van der Waals surface area contributed by atoms with E-state index in [9.17, 15) is 15.2 Å². The molecule has 110 valence electrons. The van der Waals surface area contributed by atoms with E-state index in [1.54, 1.807) is 13.0 Å². The lowest BCUT2D eigenvalue weighted by atomic mass is 10.1. The Hall–Kier alpha value is -1.92. The lowest BCUT2D eigenvalue weighted by molar-refractivity contribution is -0.386. The van der Waals surface area contributed by atoms with Gasteiger partial charge in [-0.25, -0.2) is 0 Å². The van der Waals surface area contributed by atoms with Gasteiger partial charge in [-0.3, -0.25) is 10.1 Å². The van der Waals surface area contributed by atoms with Crippen LogP contribution in [0.25, 0.3) is 0 Å². The monoisotopic (exact) mass is 351 g/mol. The molecule has 0 aromatic heterocycles. The molecule has 0 fully saturated rings. The second-order valence-electron chi connectivity index (χ2n) is 4.55. The molecule has 2 aromatic rings. The van der Waals surface area contributed by atoms with Crippen molar-refractivity contribution in [2.75, 3.05) is 0 Å². The fourth-order valence-electron chi connectivity index (χ4n) is 1.93. The van der Waals surface area contributed by atoms with Crippen LogP contribution in [0.5, 0.6) is 5.75 Å². The van der Waals surface area contributed by atoms with Crippen LogP contribution in [0.2, 0.25) is 0 Å². The van der Waals surface area contributed by atoms with Crippen LogP contribution in [0.3, 0.4) is 0 Å². The van der Waals surface area contributed by atoms with Gasteiger partial charge in [-0.05, 0) is 18.6 Å². The zero-order valence-electron chi connectivity index (χ0n) is 11.3. The van der Waals surface area contributed by atoms with Gasteiger partial charge in [0.2, 0.25) is 5.75 Å². The number of nitro benzene ring substituents is 1. The number of aliphatic hydroxyl groups is 1. The molecule has 5 nitrogen and oxygen atoms in total. The van der Waals surface area contributed by atoms with Gasteiger partial charge in [0.25, 0.3) is 0 Å². The van der Waals surface area contributed by atoms with E-state index in [4.69, 9.17) is 4.74 Å². The van der Waals surface area contributed by atoms with E-state index >= 15 is 0 Å². The van der Waals surface area contributed by atoms with Crippen LogP contribution in [-0.4, -0.2) is 10.0 Å². The molecule has 6 heteroatoms. The molecule has 0 spiro atoms. The minimum Gasteiger partial charge on any atom is -0.482 e. The van der Waals surface area contributed by atoms with Gasteiger partial charge in [0.05, 0.1) is 11.0 Å². The van der Waals surface area contributed by atoms with Crippen LogP contribution in [0.4, 0.5) is 5.69 Å². The van der Waals surface area contributed by atoms with Crippen molar-refractivity contribution in [1.29, 1.82) is 0 Å². The maximum Gasteiger partial charge on any atom is 0.312 e. The number of ether oxygens (including phenoxy) is 1. The summed E-state index contributed by atoms with van der Waals surface area (Å²) in [5, 5.41) is 21.0. The molecule has 0 amide bonds. The van der Waals surface area contributed by atoms with Crippen LogP contribution in [0.1, 0.15) is 24.2 Å². The highest BCUT2D eigenvalue weighted by Crippen LogP contribution is 2.38. The Bertz CT molecular complexity index is 644. The highest BCUT2D eigenvalue weighted by molar-refractivity contribution is 9.10. The smallest absolute Gasteiger partial charge is 0.312 e. The van der Waals surface area contributed by atoms with Gasteiger partial charge in [0.15, 0.2) is 0 Å². The number of halogens is 1. The van der Waals surface area contributed by atoms with Gasteiger partial charge in [-0.15, -0.1) is 0 Å². The second-order valence-corrected chi connectivity index (χ2v) is 5.47. The van der Waals surface area contributed by atoms with Gasteiger partial charge in [-0.1, -0.05) is 46.3 Å². The summed E-state index contributed by atoms with van der Waals surface area (Å²) >= 11 is 3.21. The summed E-state index contributed by atoms with van der Waals surface area (Å²) in [6, 6.07) is 12.3. The first-order chi connectivity index (χ1) is 9.99. The molecular formula is C15H14BrNO4. The third-order valence-corrected chi connectivity index (χ3v) is 3.39. The lowest BCUT2D eigenvalue weighted by Gasteiger charge is -2.14. The molecule has 0 heterocycles. The van der Waals surface area contributed by atoms with Crippen molar-refractivity contribution < 1.29 is 14.8 Å². The number of nitrogens with zero attached hydrogens (tertiary/aromatic N) is 1. The van der Waals surface area contributed by atoms with Crippen molar-refractivity contribution in [3.05, 3.63) is 68.2 Å². The average molecular weight is 352 g/mol. The molecule has 2 rings (SSSR count). The Kier molecular flexibility index (Phi) is 4.93. The molecule has 2 aromatic carbocycles. The number of nitro groups is 1. The van der Waals surface area contributed by atoms with Gasteiger partial charge >= 0.3 is 5.69 Å². The molecule has 0 unspecified atom stereocenters. The molecule has 1 atom stereocenters. The molecule has 0 aliphatic rings. The fourth-order valence-corrected chi connectivity index (χ4v) is 2.40. The molecule has 0 radical (unpaired) electrons. The van der Waals surface area contributed by atoms with Gasteiger partial charge < -0.3 is 9.84 Å². The zero-order valence-corrected chi connectivity index (χ0v) is 12.9. The maximum atomic E-state index is 11.2. The first kappa shape index (κ1) is 15.5. The predicted octanol–water partition coefficient (Wildman–Crippen LogP) is 3.99. The van der Waals surface area contributed by atoms with Crippen molar-refractivity contribution in [1.82, 2.24) is 0 Å². The number of rotatable bonds is 5.